The van der Waals surface area contributed by atoms with Crippen LogP contribution in [0.2, 0.25) is 0 Å². The van der Waals surface area contributed by atoms with Crippen molar-refractivity contribution in [2.75, 3.05) is 19.8 Å². The number of carboxylic acids is 1. The van der Waals surface area contributed by atoms with Crippen molar-refractivity contribution in [3.8, 4) is 0 Å². The second-order valence-electron chi connectivity index (χ2n) is 5.98. The number of nitrogens with zero attached hydrogens (tertiary/aromatic N) is 3. The quantitative estimate of drug-likeness (QED) is 0.861. The molecular weight excluding hydrogens is 326 g/mol. The van der Waals surface area contributed by atoms with E-state index in [2.05, 4.69) is 4.98 Å². The number of rotatable bonds is 4. The minimum atomic E-state index is -1.09. The number of benzene rings is 1. The van der Waals surface area contributed by atoms with E-state index in [1.54, 1.807) is 12.1 Å². The van der Waals surface area contributed by atoms with Crippen molar-refractivity contribution in [1.29, 1.82) is 0 Å². The van der Waals surface area contributed by atoms with E-state index in [4.69, 9.17) is 4.74 Å². The summed E-state index contributed by atoms with van der Waals surface area (Å²) in [6.07, 6.45) is 1.46. The summed E-state index contributed by atoms with van der Waals surface area (Å²) in [5.41, 5.74) is 1.35. The van der Waals surface area contributed by atoms with E-state index in [0.717, 1.165) is 5.56 Å². The van der Waals surface area contributed by atoms with Gasteiger partial charge in [-0.25, -0.2) is 9.78 Å². The third-order valence-electron chi connectivity index (χ3n) is 4.36. The lowest BCUT2D eigenvalue weighted by molar-refractivity contribution is -0.158. The molecule has 2 heterocycles. The molecule has 1 aromatic carbocycles. The Morgan fingerprint density at radius 2 is 2.20 bits per heavy atom. The summed E-state index contributed by atoms with van der Waals surface area (Å²) >= 11 is 0. The molecule has 3 rings (SSSR count). The lowest BCUT2D eigenvalue weighted by atomic mass is 10.1. The summed E-state index contributed by atoms with van der Waals surface area (Å²) in [5.74, 6) is -1.40. The number of carboxylic acid groups (broad SMARTS) is 1. The number of carbonyl (C=O) groups is 2. The first-order valence-corrected chi connectivity index (χ1v) is 8.04. The van der Waals surface area contributed by atoms with Gasteiger partial charge in [-0.15, -0.1) is 0 Å². The van der Waals surface area contributed by atoms with E-state index in [1.807, 2.05) is 13.0 Å². The Labute approximate surface area is 143 Å². The molecule has 8 heteroatoms. The summed E-state index contributed by atoms with van der Waals surface area (Å²) in [5, 5.41) is 9.70. The number of ether oxygens (including phenoxy) is 1. The van der Waals surface area contributed by atoms with Gasteiger partial charge in [-0.05, 0) is 18.6 Å². The normalized spacial score (nSPS) is 17.6. The van der Waals surface area contributed by atoms with Crippen molar-refractivity contribution < 1.29 is 19.4 Å². The lowest BCUT2D eigenvalue weighted by Gasteiger charge is -2.32. The second-order valence-corrected chi connectivity index (χ2v) is 5.98. The Hall–Kier alpha value is -2.74. The van der Waals surface area contributed by atoms with Gasteiger partial charge in [0.2, 0.25) is 5.91 Å². The predicted octanol–water partition coefficient (Wildman–Crippen LogP) is 0.407. The highest BCUT2D eigenvalue weighted by Gasteiger charge is 2.32. The maximum absolute atomic E-state index is 12.5. The molecule has 1 fully saturated rings. The molecule has 1 aliphatic rings. The van der Waals surface area contributed by atoms with Gasteiger partial charge in [0.25, 0.3) is 5.56 Å². The number of para-hydroxylation sites is 1. The summed E-state index contributed by atoms with van der Waals surface area (Å²) in [6.45, 7) is 2.56. The number of hydrogen-bond donors (Lipinski definition) is 1. The molecule has 2 aromatic rings. The molecule has 8 nitrogen and oxygen atoms in total. The summed E-state index contributed by atoms with van der Waals surface area (Å²) in [6, 6.07) is 4.41. The number of amides is 1. The molecule has 132 valence electrons. The molecule has 1 saturated heterocycles. The first kappa shape index (κ1) is 17.1. The van der Waals surface area contributed by atoms with Crippen LogP contribution in [-0.4, -0.2) is 57.2 Å². The minimum Gasteiger partial charge on any atom is -0.480 e. The topological polar surface area (TPSA) is 102 Å². The van der Waals surface area contributed by atoms with Crippen LogP contribution in [0.5, 0.6) is 0 Å². The zero-order chi connectivity index (χ0) is 18.0. The smallest absolute Gasteiger partial charge is 0.328 e. The molecule has 1 unspecified atom stereocenters. The standard InChI is InChI=1S/C17H19N3O5/c1-11-3-2-4-12-15(11)18-10-19(16(12)22)6-5-14(21)20-7-8-25-9-13(20)17(23)24/h2-4,10,13H,5-9H2,1H3,(H,23,24). The fraction of sp³-hybridized carbons (Fsp3) is 0.412. The molecular formula is C17H19N3O5. The number of aromatic nitrogens is 2. The average Bonchev–Trinajstić information content (AvgIpc) is 2.61. The van der Waals surface area contributed by atoms with Crippen molar-refractivity contribution in [3.63, 3.8) is 0 Å². The van der Waals surface area contributed by atoms with Crippen LogP contribution in [0, 0.1) is 6.92 Å². The molecule has 1 atom stereocenters. The van der Waals surface area contributed by atoms with Gasteiger partial charge in [0.1, 0.15) is 0 Å². The van der Waals surface area contributed by atoms with Crippen LogP contribution in [0.4, 0.5) is 0 Å². The van der Waals surface area contributed by atoms with Crippen LogP contribution in [0.25, 0.3) is 10.9 Å². The Morgan fingerprint density at radius 1 is 1.40 bits per heavy atom. The molecule has 0 aliphatic carbocycles. The fourth-order valence-corrected chi connectivity index (χ4v) is 2.96. The Morgan fingerprint density at radius 3 is 2.96 bits per heavy atom. The molecule has 0 spiro atoms. The maximum atomic E-state index is 12.5. The fourth-order valence-electron chi connectivity index (χ4n) is 2.96. The maximum Gasteiger partial charge on any atom is 0.328 e. The van der Waals surface area contributed by atoms with Gasteiger partial charge in [-0.1, -0.05) is 12.1 Å². The Bertz CT molecular complexity index is 876. The average molecular weight is 345 g/mol. The highest BCUT2D eigenvalue weighted by molar-refractivity contribution is 5.84. The van der Waals surface area contributed by atoms with Crippen molar-refractivity contribution in [2.45, 2.75) is 25.9 Å². The summed E-state index contributed by atoms with van der Waals surface area (Å²) in [4.78, 5) is 41.7. The van der Waals surface area contributed by atoms with E-state index in [-0.39, 0.29) is 37.6 Å². The monoisotopic (exact) mass is 345 g/mol. The molecule has 1 aliphatic heterocycles. The van der Waals surface area contributed by atoms with Gasteiger partial charge < -0.3 is 14.7 Å². The van der Waals surface area contributed by atoms with Gasteiger partial charge in [0.05, 0.1) is 30.4 Å². The third-order valence-corrected chi connectivity index (χ3v) is 4.36. The van der Waals surface area contributed by atoms with Gasteiger partial charge >= 0.3 is 5.97 Å². The first-order valence-electron chi connectivity index (χ1n) is 8.04. The van der Waals surface area contributed by atoms with Crippen LogP contribution in [0.1, 0.15) is 12.0 Å². The zero-order valence-corrected chi connectivity index (χ0v) is 13.8. The Kier molecular flexibility index (Phi) is 4.80. The van der Waals surface area contributed by atoms with E-state index in [9.17, 15) is 19.5 Å². The van der Waals surface area contributed by atoms with Crippen LogP contribution >= 0.6 is 0 Å². The number of fused-ring (bicyclic) bond motifs is 1. The predicted molar refractivity (Wildman–Crippen MR) is 89.3 cm³/mol. The highest BCUT2D eigenvalue weighted by Crippen LogP contribution is 2.12. The van der Waals surface area contributed by atoms with E-state index in [0.29, 0.717) is 17.5 Å². The van der Waals surface area contributed by atoms with Crippen molar-refractivity contribution in [3.05, 3.63) is 40.4 Å². The van der Waals surface area contributed by atoms with Gasteiger partial charge in [-0.2, -0.15) is 0 Å². The zero-order valence-electron chi connectivity index (χ0n) is 13.8. The SMILES string of the molecule is Cc1cccc2c(=O)n(CCC(=O)N3CCOCC3C(=O)O)cnc12. The molecule has 25 heavy (non-hydrogen) atoms. The van der Waals surface area contributed by atoms with Crippen molar-refractivity contribution in [1.82, 2.24) is 14.5 Å². The highest BCUT2D eigenvalue weighted by atomic mass is 16.5. The molecule has 1 N–H and O–H groups in total. The van der Waals surface area contributed by atoms with E-state index < -0.39 is 12.0 Å². The summed E-state index contributed by atoms with van der Waals surface area (Å²) < 4.78 is 6.51. The van der Waals surface area contributed by atoms with Crippen LogP contribution in [0.15, 0.2) is 29.3 Å². The molecule has 0 saturated carbocycles. The van der Waals surface area contributed by atoms with Gasteiger partial charge in [0, 0.05) is 19.5 Å². The lowest BCUT2D eigenvalue weighted by Crippen LogP contribution is -2.52. The third kappa shape index (κ3) is 3.39. The van der Waals surface area contributed by atoms with Crippen LogP contribution in [-0.2, 0) is 20.9 Å². The minimum absolute atomic E-state index is 0.0160. The van der Waals surface area contributed by atoms with E-state index >= 15 is 0 Å². The number of morpholine rings is 1. The van der Waals surface area contributed by atoms with Crippen molar-refractivity contribution >= 4 is 22.8 Å². The number of hydrogen-bond acceptors (Lipinski definition) is 5. The van der Waals surface area contributed by atoms with Crippen LogP contribution < -0.4 is 5.56 Å². The van der Waals surface area contributed by atoms with Crippen molar-refractivity contribution in [2.24, 2.45) is 0 Å². The Balaban J connectivity index is 1.76. The molecule has 1 aromatic heterocycles. The van der Waals surface area contributed by atoms with Gasteiger partial charge in [-0.3, -0.25) is 14.2 Å². The molecule has 0 bridgehead atoms. The van der Waals surface area contributed by atoms with E-state index in [1.165, 1.54) is 15.8 Å². The number of aryl methyl sites for hydroxylation is 2. The number of aliphatic carboxylic acids is 1. The summed E-state index contributed by atoms with van der Waals surface area (Å²) in [7, 11) is 0. The molecule has 0 radical (unpaired) electrons. The van der Waals surface area contributed by atoms with Gasteiger partial charge in [0.15, 0.2) is 6.04 Å². The number of carbonyl (C=O) groups excluding carboxylic acids is 1. The first-order chi connectivity index (χ1) is 12.0. The molecule has 1 amide bonds. The van der Waals surface area contributed by atoms with Crippen LogP contribution in [0.3, 0.4) is 0 Å². The second kappa shape index (κ2) is 7.02. The largest absolute Gasteiger partial charge is 0.480 e.